The Kier molecular flexibility index (Phi) is 3.98. The van der Waals surface area contributed by atoms with Crippen molar-refractivity contribution in [3.05, 3.63) is 22.7 Å². The number of benzene rings is 1. The van der Waals surface area contributed by atoms with Crippen LogP contribution in [0.3, 0.4) is 0 Å². The number of halogens is 1. The maximum Gasteiger partial charge on any atom is 0.232 e. The molecule has 1 N–H and O–H groups in total. The quantitative estimate of drug-likeness (QED) is 0.926. The van der Waals surface area contributed by atoms with Crippen molar-refractivity contribution < 1.29 is 13.2 Å². The van der Waals surface area contributed by atoms with Crippen LogP contribution in [0.4, 0.5) is 5.69 Å². The molecule has 0 radical (unpaired) electrons. The van der Waals surface area contributed by atoms with Gasteiger partial charge in [0, 0.05) is 4.47 Å². The summed E-state index contributed by atoms with van der Waals surface area (Å²) in [6.07, 6.45) is 0. The molecule has 0 aromatic heterocycles. The molecule has 0 amide bonds. The molecule has 0 heterocycles. The van der Waals surface area contributed by atoms with Gasteiger partial charge in [0.1, 0.15) is 5.75 Å². The molecule has 15 heavy (non-hydrogen) atoms. The van der Waals surface area contributed by atoms with Crippen LogP contribution in [-0.2, 0) is 10.0 Å². The van der Waals surface area contributed by atoms with E-state index >= 15 is 0 Å². The topological polar surface area (TPSA) is 55.4 Å². The molecular weight excluding hydrogens is 282 g/mol. The third-order valence-corrected chi connectivity index (χ3v) is 3.59. The van der Waals surface area contributed by atoms with E-state index in [1.54, 1.807) is 25.1 Å². The van der Waals surface area contributed by atoms with E-state index in [1.807, 2.05) is 0 Å². The molecular formula is C9H12BrNO3S. The van der Waals surface area contributed by atoms with Crippen LogP contribution in [-0.4, -0.2) is 21.3 Å². The Morgan fingerprint density at radius 2 is 2.13 bits per heavy atom. The lowest BCUT2D eigenvalue weighted by Gasteiger charge is -2.10. The van der Waals surface area contributed by atoms with Gasteiger partial charge in [-0.3, -0.25) is 4.72 Å². The number of sulfonamides is 1. The highest BCUT2D eigenvalue weighted by atomic mass is 79.9. The van der Waals surface area contributed by atoms with Crippen molar-refractivity contribution in [3.8, 4) is 5.75 Å². The minimum atomic E-state index is -3.27. The summed E-state index contributed by atoms with van der Waals surface area (Å²) in [4.78, 5) is 0. The summed E-state index contributed by atoms with van der Waals surface area (Å²) < 4.78 is 31.0. The van der Waals surface area contributed by atoms with E-state index in [-0.39, 0.29) is 5.75 Å². The molecule has 0 fully saturated rings. The summed E-state index contributed by atoms with van der Waals surface area (Å²) in [7, 11) is -1.78. The maximum atomic E-state index is 11.4. The maximum absolute atomic E-state index is 11.4. The van der Waals surface area contributed by atoms with E-state index in [0.29, 0.717) is 11.4 Å². The van der Waals surface area contributed by atoms with Crippen LogP contribution in [0.1, 0.15) is 6.92 Å². The molecule has 0 atom stereocenters. The number of rotatable bonds is 4. The molecule has 1 rings (SSSR count). The van der Waals surface area contributed by atoms with Crippen LogP contribution >= 0.6 is 15.9 Å². The lowest BCUT2D eigenvalue weighted by Crippen LogP contribution is -2.15. The average molecular weight is 294 g/mol. The molecule has 4 nitrogen and oxygen atoms in total. The molecule has 0 aliphatic carbocycles. The van der Waals surface area contributed by atoms with E-state index in [4.69, 9.17) is 4.74 Å². The fraction of sp³-hybridized carbons (Fsp3) is 0.333. The highest BCUT2D eigenvalue weighted by Gasteiger charge is 2.11. The molecule has 0 saturated heterocycles. The average Bonchev–Trinajstić information content (AvgIpc) is 2.18. The molecule has 1 aromatic carbocycles. The van der Waals surface area contributed by atoms with E-state index in [9.17, 15) is 8.42 Å². The van der Waals surface area contributed by atoms with E-state index < -0.39 is 10.0 Å². The third kappa shape index (κ3) is 3.39. The van der Waals surface area contributed by atoms with Crippen LogP contribution in [0.15, 0.2) is 22.7 Å². The highest BCUT2D eigenvalue weighted by molar-refractivity contribution is 9.10. The number of nitrogens with one attached hydrogen (secondary N) is 1. The standard InChI is InChI=1S/C9H12BrNO3S/c1-3-15(12,13)11-8-6-7(10)4-5-9(8)14-2/h4-6,11H,3H2,1-2H3. The van der Waals surface area contributed by atoms with Crippen LogP contribution < -0.4 is 9.46 Å². The molecule has 0 unspecified atom stereocenters. The second-order valence-corrected chi connectivity index (χ2v) is 5.78. The van der Waals surface area contributed by atoms with Gasteiger partial charge in [-0.1, -0.05) is 15.9 Å². The van der Waals surface area contributed by atoms with Crippen LogP contribution in [0.2, 0.25) is 0 Å². The van der Waals surface area contributed by atoms with E-state index in [1.165, 1.54) is 7.11 Å². The zero-order valence-corrected chi connectivity index (χ0v) is 10.9. The number of methoxy groups -OCH3 is 1. The number of anilines is 1. The third-order valence-electron chi connectivity index (χ3n) is 1.81. The smallest absolute Gasteiger partial charge is 0.232 e. The summed E-state index contributed by atoms with van der Waals surface area (Å²) in [5, 5.41) is 0. The second kappa shape index (κ2) is 4.85. The first kappa shape index (κ1) is 12.3. The first-order valence-corrected chi connectivity index (χ1v) is 6.77. The minimum absolute atomic E-state index is 0.0304. The second-order valence-electron chi connectivity index (χ2n) is 2.85. The Balaban J connectivity index is 3.08. The van der Waals surface area contributed by atoms with Crippen LogP contribution in [0.5, 0.6) is 5.75 Å². The Morgan fingerprint density at radius 1 is 1.47 bits per heavy atom. The predicted octanol–water partition coefficient (Wildman–Crippen LogP) is 2.22. The lowest BCUT2D eigenvalue weighted by atomic mass is 10.3. The summed E-state index contributed by atoms with van der Waals surface area (Å²) >= 11 is 3.26. The van der Waals surface area contributed by atoms with Crippen molar-refractivity contribution in [1.82, 2.24) is 0 Å². The highest BCUT2D eigenvalue weighted by Crippen LogP contribution is 2.28. The van der Waals surface area contributed by atoms with Gasteiger partial charge in [0.2, 0.25) is 10.0 Å². The Morgan fingerprint density at radius 3 is 2.67 bits per heavy atom. The Bertz CT molecular complexity index is 445. The molecule has 0 saturated carbocycles. The van der Waals surface area contributed by atoms with E-state index in [2.05, 4.69) is 20.7 Å². The van der Waals surface area contributed by atoms with Gasteiger partial charge in [-0.25, -0.2) is 8.42 Å². The van der Waals surface area contributed by atoms with Gasteiger partial charge >= 0.3 is 0 Å². The van der Waals surface area contributed by atoms with Gasteiger partial charge in [-0.2, -0.15) is 0 Å². The zero-order chi connectivity index (χ0) is 11.5. The number of hydrogen-bond donors (Lipinski definition) is 1. The minimum Gasteiger partial charge on any atom is -0.495 e. The van der Waals surface area contributed by atoms with Gasteiger partial charge < -0.3 is 4.74 Å². The fourth-order valence-corrected chi connectivity index (χ4v) is 2.00. The Labute approximate surface area is 97.8 Å². The summed E-state index contributed by atoms with van der Waals surface area (Å²) in [6.45, 7) is 1.58. The van der Waals surface area contributed by atoms with Crippen molar-refractivity contribution in [2.24, 2.45) is 0 Å². The molecule has 0 aliphatic heterocycles. The molecule has 0 bridgehead atoms. The summed E-state index contributed by atoms with van der Waals surface area (Å²) in [5.74, 6) is 0.526. The molecule has 6 heteroatoms. The number of ether oxygens (including phenoxy) is 1. The van der Waals surface area contributed by atoms with Crippen LogP contribution in [0, 0.1) is 0 Å². The van der Waals surface area contributed by atoms with Crippen LogP contribution in [0.25, 0.3) is 0 Å². The van der Waals surface area contributed by atoms with Crippen molar-refractivity contribution >= 4 is 31.6 Å². The monoisotopic (exact) mass is 293 g/mol. The molecule has 0 spiro atoms. The van der Waals surface area contributed by atoms with Crippen molar-refractivity contribution in [2.45, 2.75) is 6.92 Å². The van der Waals surface area contributed by atoms with E-state index in [0.717, 1.165) is 4.47 Å². The SMILES string of the molecule is CCS(=O)(=O)Nc1cc(Br)ccc1OC. The largest absolute Gasteiger partial charge is 0.495 e. The van der Waals surface area contributed by atoms with Crippen molar-refractivity contribution in [1.29, 1.82) is 0 Å². The van der Waals surface area contributed by atoms with Gasteiger partial charge in [0.25, 0.3) is 0 Å². The van der Waals surface area contributed by atoms with Gasteiger partial charge in [0.15, 0.2) is 0 Å². The number of hydrogen-bond acceptors (Lipinski definition) is 3. The van der Waals surface area contributed by atoms with Gasteiger partial charge in [-0.15, -0.1) is 0 Å². The normalized spacial score (nSPS) is 11.1. The Hall–Kier alpha value is -0.750. The predicted molar refractivity (Wildman–Crippen MR) is 63.8 cm³/mol. The van der Waals surface area contributed by atoms with Gasteiger partial charge in [-0.05, 0) is 25.1 Å². The lowest BCUT2D eigenvalue weighted by molar-refractivity contribution is 0.417. The first-order valence-electron chi connectivity index (χ1n) is 4.32. The van der Waals surface area contributed by atoms with Crippen molar-refractivity contribution in [3.63, 3.8) is 0 Å². The zero-order valence-electron chi connectivity index (χ0n) is 8.45. The first-order chi connectivity index (χ1) is 6.98. The van der Waals surface area contributed by atoms with Crippen molar-refractivity contribution in [2.75, 3.05) is 17.6 Å². The molecule has 84 valence electrons. The molecule has 0 aliphatic rings. The van der Waals surface area contributed by atoms with Gasteiger partial charge in [0.05, 0.1) is 18.6 Å². The fourth-order valence-electron chi connectivity index (χ4n) is 1.000. The summed E-state index contributed by atoms with van der Waals surface area (Å²) in [5.41, 5.74) is 0.439. The molecule has 1 aromatic rings. The summed E-state index contributed by atoms with van der Waals surface area (Å²) in [6, 6.07) is 5.13.